The van der Waals surface area contributed by atoms with Crippen molar-refractivity contribution >= 4 is 29.9 Å². The van der Waals surface area contributed by atoms with Gasteiger partial charge in [-0.05, 0) is 12.5 Å². The molecule has 0 aliphatic carbocycles. The predicted octanol–water partition coefficient (Wildman–Crippen LogP) is 1.94. The lowest BCUT2D eigenvalue weighted by molar-refractivity contribution is 0.318. The topological polar surface area (TPSA) is 93.2 Å². The maximum absolute atomic E-state index is 5.26. The van der Waals surface area contributed by atoms with E-state index in [1.807, 2.05) is 37.7 Å². The molecule has 0 amide bonds. The Hall–Kier alpha value is -1.65. The van der Waals surface area contributed by atoms with E-state index in [-0.39, 0.29) is 29.4 Å². The van der Waals surface area contributed by atoms with Crippen LogP contribution in [0.1, 0.15) is 38.9 Å². The minimum absolute atomic E-state index is 0. The molecule has 0 radical (unpaired) electrons. The Bertz CT molecular complexity index is 616. The summed E-state index contributed by atoms with van der Waals surface area (Å²) >= 11 is 0. The molecule has 2 aromatic heterocycles. The first-order chi connectivity index (χ1) is 11.0. The summed E-state index contributed by atoms with van der Waals surface area (Å²) in [7, 11) is 1.74. The van der Waals surface area contributed by atoms with Crippen molar-refractivity contribution in [3.8, 4) is 0 Å². The number of aliphatic imine (C=N–C) groups is 1. The van der Waals surface area contributed by atoms with Crippen LogP contribution in [0.3, 0.4) is 0 Å². The molecule has 0 aliphatic heterocycles. The molecule has 2 N–H and O–H groups in total. The largest absolute Gasteiger partial charge is 0.356 e. The first-order valence-corrected chi connectivity index (χ1v) is 7.74. The Morgan fingerprint density at radius 2 is 2.12 bits per heavy atom. The van der Waals surface area contributed by atoms with Crippen molar-refractivity contribution in [3.05, 3.63) is 30.2 Å². The normalized spacial score (nSPS) is 11.9. The van der Waals surface area contributed by atoms with E-state index < -0.39 is 0 Å². The van der Waals surface area contributed by atoms with E-state index in [4.69, 9.17) is 4.52 Å². The molecule has 2 aromatic rings. The van der Waals surface area contributed by atoms with Crippen LogP contribution in [0.25, 0.3) is 0 Å². The lowest BCUT2D eigenvalue weighted by Gasteiger charge is -2.11. The molecule has 0 saturated heterocycles. The fraction of sp³-hybridized carbons (Fsp3) is 0.600. The zero-order valence-corrected chi connectivity index (χ0v) is 16.9. The number of guanidine groups is 1. The zero-order valence-electron chi connectivity index (χ0n) is 14.6. The van der Waals surface area contributed by atoms with E-state index >= 15 is 0 Å². The molecule has 0 aliphatic rings. The highest BCUT2D eigenvalue weighted by Gasteiger charge is 2.21. The highest BCUT2D eigenvalue weighted by molar-refractivity contribution is 14.0. The van der Waals surface area contributed by atoms with Crippen LogP contribution in [-0.4, -0.2) is 39.5 Å². The monoisotopic (exact) mass is 447 g/mol. The van der Waals surface area contributed by atoms with Crippen LogP contribution >= 0.6 is 24.0 Å². The average molecular weight is 447 g/mol. The highest BCUT2D eigenvalue weighted by Crippen LogP contribution is 2.19. The number of nitrogens with one attached hydrogen (secondary N) is 2. The first kappa shape index (κ1) is 20.4. The lowest BCUT2D eigenvalue weighted by atomic mass is 9.97. The quantitative estimate of drug-likeness (QED) is 0.304. The van der Waals surface area contributed by atoms with Crippen molar-refractivity contribution < 1.29 is 4.52 Å². The van der Waals surface area contributed by atoms with Crippen LogP contribution in [0, 0.1) is 0 Å². The number of nitrogens with zero attached hydrogens (tertiary/aromatic N) is 5. The summed E-state index contributed by atoms with van der Waals surface area (Å²) < 4.78 is 7.17. The van der Waals surface area contributed by atoms with Gasteiger partial charge in [0.2, 0.25) is 5.89 Å². The van der Waals surface area contributed by atoms with Crippen molar-refractivity contribution in [2.24, 2.45) is 4.99 Å². The van der Waals surface area contributed by atoms with E-state index in [9.17, 15) is 0 Å². The maximum Gasteiger partial charge on any atom is 0.232 e. The van der Waals surface area contributed by atoms with E-state index in [2.05, 4.69) is 30.9 Å². The SMILES string of the molecule is CN=C(NCCCn1cccn1)NCc1noc(C(C)(C)C)n1.I. The smallest absolute Gasteiger partial charge is 0.232 e. The molecule has 134 valence electrons. The van der Waals surface area contributed by atoms with Gasteiger partial charge in [-0.15, -0.1) is 24.0 Å². The zero-order chi connectivity index (χ0) is 16.7. The predicted molar refractivity (Wildman–Crippen MR) is 103 cm³/mol. The average Bonchev–Trinajstić information content (AvgIpc) is 3.17. The van der Waals surface area contributed by atoms with E-state index in [1.54, 1.807) is 13.2 Å². The molecule has 24 heavy (non-hydrogen) atoms. The fourth-order valence-corrected chi connectivity index (χ4v) is 1.89. The van der Waals surface area contributed by atoms with Crippen molar-refractivity contribution in [1.29, 1.82) is 0 Å². The molecule has 0 saturated carbocycles. The minimum atomic E-state index is -0.141. The van der Waals surface area contributed by atoms with Crippen LogP contribution in [0.2, 0.25) is 0 Å². The number of aryl methyl sites for hydroxylation is 1. The summed E-state index contributed by atoms with van der Waals surface area (Å²) in [5.74, 6) is 1.97. The highest BCUT2D eigenvalue weighted by atomic mass is 127. The van der Waals surface area contributed by atoms with Crippen LogP contribution in [0.4, 0.5) is 0 Å². The second-order valence-corrected chi connectivity index (χ2v) is 6.24. The van der Waals surface area contributed by atoms with E-state index in [0.29, 0.717) is 24.2 Å². The number of hydrogen-bond donors (Lipinski definition) is 2. The molecule has 0 spiro atoms. The second-order valence-electron chi connectivity index (χ2n) is 6.24. The van der Waals surface area contributed by atoms with Crippen LogP contribution in [-0.2, 0) is 18.5 Å². The molecule has 0 fully saturated rings. The van der Waals surface area contributed by atoms with Gasteiger partial charge in [-0.2, -0.15) is 10.1 Å². The van der Waals surface area contributed by atoms with Crippen molar-refractivity contribution in [2.45, 2.75) is 45.7 Å². The summed E-state index contributed by atoms with van der Waals surface area (Å²) in [5.41, 5.74) is -0.141. The third-order valence-electron chi connectivity index (χ3n) is 3.16. The second kappa shape index (κ2) is 9.60. The van der Waals surface area contributed by atoms with Crippen molar-refractivity contribution in [3.63, 3.8) is 0 Å². The van der Waals surface area contributed by atoms with Gasteiger partial charge in [0.15, 0.2) is 11.8 Å². The third-order valence-corrected chi connectivity index (χ3v) is 3.16. The lowest BCUT2D eigenvalue weighted by Crippen LogP contribution is -2.37. The number of aromatic nitrogens is 4. The molecule has 0 atom stereocenters. The van der Waals surface area contributed by atoms with Crippen molar-refractivity contribution in [2.75, 3.05) is 13.6 Å². The molecular weight excluding hydrogens is 421 g/mol. The van der Waals surface area contributed by atoms with Gasteiger partial charge in [-0.1, -0.05) is 25.9 Å². The number of rotatable bonds is 6. The summed E-state index contributed by atoms with van der Waals surface area (Å²) in [5, 5.41) is 14.6. The van der Waals surface area contributed by atoms with Crippen LogP contribution in [0.5, 0.6) is 0 Å². The molecule has 8 nitrogen and oxygen atoms in total. The van der Waals surface area contributed by atoms with Gasteiger partial charge in [-0.3, -0.25) is 9.67 Å². The Labute approximate surface area is 159 Å². The molecule has 0 bridgehead atoms. The summed E-state index contributed by atoms with van der Waals surface area (Å²) in [6, 6.07) is 1.92. The van der Waals surface area contributed by atoms with Gasteiger partial charge in [0.25, 0.3) is 0 Å². The van der Waals surface area contributed by atoms with Crippen LogP contribution in [0.15, 0.2) is 28.0 Å². The Kier molecular flexibility index (Phi) is 8.16. The first-order valence-electron chi connectivity index (χ1n) is 7.74. The van der Waals surface area contributed by atoms with E-state index in [1.165, 1.54) is 0 Å². The van der Waals surface area contributed by atoms with Crippen LogP contribution < -0.4 is 10.6 Å². The molecule has 0 aromatic carbocycles. The summed E-state index contributed by atoms with van der Waals surface area (Å²) in [6.07, 6.45) is 4.69. The maximum atomic E-state index is 5.26. The molecule has 2 heterocycles. The van der Waals surface area contributed by atoms with Gasteiger partial charge in [0.1, 0.15) is 0 Å². The van der Waals surface area contributed by atoms with E-state index in [0.717, 1.165) is 19.5 Å². The molecule has 2 rings (SSSR count). The van der Waals surface area contributed by atoms with Gasteiger partial charge in [0, 0.05) is 37.9 Å². The molecular formula is C15H26IN7O. The Morgan fingerprint density at radius 3 is 2.71 bits per heavy atom. The van der Waals surface area contributed by atoms with Gasteiger partial charge < -0.3 is 15.2 Å². The summed E-state index contributed by atoms with van der Waals surface area (Å²) in [4.78, 5) is 8.56. The van der Waals surface area contributed by atoms with Crippen molar-refractivity contribution in [1.82, 2.24) is 30.6 Å². The van der Waals surface area contributed by atoms with Gasteiger partial charge >= 0.3 is 0 Å². The number of hydrogen-bond acceptors (Lipinski definition) is 5. The standard InChI is InChI=1S/C15H25N7O.HI/c1-15(2,3)13-20-12(21-23-13)11-18-14(16-4)17-7-5-9-22-10-6-8-19-22;/h6,8,10H,5,7,9,11H2,1-4H3,(H2,16,17,18);1H. The van der Waals surface area contributed by atoms with Gasteiger partial charge in [-0.25, -0.2) is 0 Å². The third kappa shape index (κ3) is 6.46. The van der Waals surface area contributed by atoms with Gasteiger partial charge in [0.05, 0.1) is 6.54 Å². The summed E-state index contributed by atoms with van der Waals surface area (Å²) in [6.45, 7) is 8.27. The Balaban J connectivity index is 0.00000288. The number of halogens is 1. The fourth-order valence-electron chi connectivity index (χ4n) is 1.89. The molecule has 9 heteroatoms. The minimum Gasteiger partial charge on any atom is -0.356 e. The molecule has 0 unspecified atom stereocenters. The Morgan fingerprint density at radius 1 is 1.33 bits per heavy atom.